The minimum absolute atomic E-state index is 1.25. The quantitative estimate of drug-likeness (QED) is 0.590. The first-order chi connectivity index (χ1) is 5.91. The van der Waals surface area contributed by atoms with Gasteiger partial charge in [0.2, 0.25) is 0 Å². The van der Waals surface area contributed by atoms with Crippen molar-refractivity contribution in [1.82, 2.24) is 5.32 Å². The zero-order valence-electron chi connectivity index (χ0n) is 9.45. The first-order valence-corrected chi connectivity index (χ1v) is 5.62. The van der Waals surface area contributed by atoms with E-state index in [1.54, 1.807) is 0 Å². The molecule has 0 aromatic rings. The highest BCUT2D eigenvalue weighted by atomic mass is 14.8. The van der Waals surface area contributed by atoms with Gasteiger partial charge in [-0.25, -0.2) is 0 Å². The summed E-state index contributed by atoms with van der Waals surface area (Å²) in [5.41, 5.74) is 0. The third-order valence-electron chi connectivity index (χ3n) is 1.46. The summed E-state index contributed by atoms with van der Waals surface area (Å²) in [4.78, 5) is 0. The molecule has 1 rings (SSSR count). The average molecular weight is 173 g/mol. The minimum Gasteiger partial charge on any atom is -0.317 e. The summed E-state index contributed by atoms with van der Waals surface area (Å²) in [6.07, 6.45) is 6.90. The van der Waals surface area contributed by atoms with Crippen LogP contribution in [-0.4, -0.2) is 13.1 Å². The Morgan fingerprint density at radius 2 is 1.17 bits per heavy atom. The maximum absolute atomic E-state index is 3.35. The lowest BCUT2D eigenvalue weighted by Gasteiger charge is -1.91. The van der Waals surface area contributed by atoms with Gasteiger partial charge in [0.25, 0.3) is 0 Å². The normalized spacial score (nSPS) is 16.0. The van der Waals surface area contributed by atoms with Crippen LogP contribution < -0.4 is 5.32 Å². The molecule has 0 amide bonds. The molecule has 0 aliphatic carbocycles. The van der Waals surface area contributed by atoms with Gasteiger partial charge in [-0.3, -0.25) is 0 Å². The maximum atomic E-state index is 3.35. The molecule has 1 aliphatic rings. The highest BCUT2D eigenvalue weighted by molar-refractivity contribution is 4.54. The highest BCUT2D eigenvalue weighted by Gasteiger charge is 1.94. The molecule has 0 bridgehead atoms. The maximum Gasteiger partial charge on any atom is -0.00489 e. The highest BCUT2D eigenvalue weighted by Crippen LogP contribution is 2.00. The third kappa shape index (κ3) is 16.5. The summed E-state index contributed by atoms with van der Waals surface area (Å²) >= 11 is 0. The molecule has 12 heavy (non-hydrogen) atoms. The van der Waals surface area contributed by atoms with Gasteiger partial charge in [-0.1, -0.05) is 47.0 Å². The first kappa shape index (κ1) is 14.5. The van der Waals surface area contributed by atoms with Crippen LogP contribution in [0.15, 0.2) is 0 Å². The lowest BCUT2D eigenvalue weighted by atomic mass is 10.2. The van der Waals surface area contributed by atoms with E-state index in [4.69, 9.17) is 0 Å². The van der Waals surface area contributed by atoms with E-state index < -0.39 is 0 Å². The molecule has 0 spiro atoms. The van der Waals surface area contributed by atoms with E-state index in [1.165, 1.54) is 45.2 Å². The molecule has 0 aromatic carbocycles. The van der Waals surface area contributed by atoms with Crippen LogP contribution >= 0.6 is 0 Å². The zero-order chi connectivity index (χ0) is 9.66. The molecule has 1 fully saturated rings. The smallest absolute Gasteiger partial charge is 0.00489 e. The van der Waals surface area contributed by atoms with Crippen LogP contribution in [0, 0.1) is 0 Å². The molecule has 1 nitrogen and oxygen atoms in total. The Bertz CT molecular complexity index is 33.3. The Kier molecular flexibility index (Phi) is 20.7. The minimum atomic E-state index is 1.25. The van der Waals surface area contributed by atoms with Gasteiger partial charge in [0.05, 0.1) is 0 Å². The van der Waals surface area contributed by atoms with Crippen molar-refractivity contribution in [3.63, 3.8) is 0 Å². The van der Waals surface area contributed by atoms with Crippen molar-refractivity contribution >= 4 is 0 Å². The molecule has 0 saturated carbocycles. The summed E-state index contributed by atoms with van der Waals surface area (Å²) < 4.78 is 0. The van der Waals surface area contributed by atoms with E-state index in [1.807, 2.05) is 13.8 Å². The average Bonchev–Trinajstić information content (AvgIpc) is 2.40. The van der Waals surface area contributed by atoms with Crippen LogP contribution in [0.2, 0.25) is 0 Å². The van der Waals surface area contributed by atoms with E-state index in [-0.39, 0.29) is 0 Å². The fourth-order valence-corrected chi connectivity index (χ4v) is 0.979. The Labute approximate surface area is 78.9 Å². The Hall–Kier alpha value is -0.0400. The van der Waals surface area contributed by atoms with Gasteiger partial charge < -0.3 is 5.32 Å². The lowest BCUT2D eigenvalue weighted by molar-refractivity contribution is 0.702. The Morgan fingerprint density at radius 1 is 0.833 bits per heavy atom. The van der Waals surface area contributed by atoms with Crippen LogP contribution in [0.3, 0.4) is 0 Å². The van der Waals surface area contributed by atoms with Gasteiger partial charge >= 0.3 is 0 Å². The largest absolute Gasteiger partial charge is 0.317 e. The van der Waals surface area contributed by atoms with E-state index in [0.717, 1.165) is 0 Å². The summed E-state index contributed by atoms with van der Waals surface area (Å²) in [6.45, 7) is 10.8. The summed E-state index contributed by atoms with van der Waals surface area (Å²) in [5.74, 6) is 0. The predicted molar refractivity (Wildman–Crippen MR) is 58.7 cm³/mol. The number of hydrogen-bond donors (Lipinski definition) is 1. The molecular formula is C11H27N. The number of rotatable bonds is 0. The second-order valence-corrected chi connectivity index (χ2v) is 2.87. The van der Waals surface area contributed by atoms with Gasteiger partial charge in [-0.2, -0.15) is 0 Å². The molecular weight excluding hydrogens is 146 g/mol. The Morgan fingerprint density at radius 3 is 1.50 bits per heavy atom. The van der Waals surface area contributed by atoms with Crippen molar-refractivity contribution < 1.29 is 0 Å². The van der Waals surface area contributed by atoms with Crippen LogP contribution in [-0.2, 0) is 0 Å². The van der Waals surface area contributed by atoms with Gasteiger partial charge in [0, 0.05) is 0 Å². The summed E-state index contributed by atoms with van der Waals surface area (Å²) in [7, 11) is 0. The van der Waals surface area contributed by atoms with E-state index in [2.05, 4.69) is 19.2 Å². The second kappa shape index (κ2) is 17.2. The topological polar surface area (TPSA) is 12.0 Å². The lowest BCUT2D eigenvalue weighted by Crippen LogP contribution is -2.12. The monoisotopic (exact) mass is 173 g/mol. The molecule has 76 valence electrons. The van der Waals surface area contributed by atoms with Crippen LogP contribution in [0.5, 0.6) is 0 Å². The SMILES string of the molecule is C1CCCNCC1.CC.CCC. The van der Waals surface area contributed by atoms with E-state index in [9.17, 15) is 0 Å². The van der Waals surface area contributed by atoms with E-state index in [0.29, 0.717) is 0 Å². The molecule has 0 atom stereocenters. The van der Waals surface area contributed by atoms with Crippen molar-refractivity contribution in [2.75, 3.05) is 13.1 Å². The third-order valence-corrected chi connectivity index (χ3v) is 1.46. The van der Waals surface area contributed by atoms with Gasteiger partial charge in [-0.05, 0) is 25.9 Å². The molecule has 0 aromatic heterocycles. The second-order valence-electron chi connectivity index (χ2n) is 2.87. The van der Waals surface area contributed by atoms with E-state index >= 15 is 0 Å². The first-order valence-electron chi connectivity index (χ1n) is 5.62. The van der Waals surface area contributed by atoms with Crippen molar-refractivity contribution in [3.05, 3.63) is 0 Å². The molecule has 1 aliphatic heterocycles. The molecule has 0 radical (unpaired) electrons. The molecule has 1 N–H and O–H groups in total. The predicted octanol–water partition coefficient (Wildman–Crippen LogP) is 3.59. The summed E-state index contributed by atoms with van der Waals surface area (Å²) in [6, 6.07) is 0. The van der Waals surface area contributed by atoms with Crippen molar-refractivity contribution in [1.29, 1.82) is 0 Å². The molecule has 0 unspecified atom stereocenters. The van der Waals surface area contributed by atoms with Crippen LogP contribution in [0.4, 0.5) is 0 Å². The number of hydrogen-bond acceptors (Lipinski definition) is 1. The zero-order valence-corrected chi connectivity index (χ0v) is 9.45. The van der Waals surface area contributed by atoms with Crippen molar-refractivity contribution in [3.8, 4) is 0 Å². The standard InChI is InChI=1S/C6H13N.C3H8.C2H6/c1-2-4-6-7-5-3-1;1-3-2;1-2/h7H,1-6H2;3H2,1-2H3;1-2H3. The van der Waals surface area contributed by atoms with Crippen LogP contribution in [0.25, 0.3) is 0 Å². The molecule has 1 heterocycles. The van der Waals surface area contributed by atoms with Gasteiger partial charge in [-0.15, -0.1) is 0 Å². The van der Waals surface area contributed by atoms with Crippen LogP contribution in [0.1, 0.15) is 59.8 Å². The fourth-order valence-electron chi connectivity index (χ4n) is 0.979. The Balaban J connectivity index is 0. The van der Waals surface area contributed by atoms with Crippen molar-refractivity contribution in [2.24, 2.45) is 0 Å². The molecule has 1 heteroatoms. The molecule has 1 saturated heterocycles. The van der Waals surface area contributed by atoms with Crippen molar-refractivity contribution in [2.45, 2.75) is 59.8 Å². The van der Waals surface area contributed by atoms with Gasteiger partial charge in [0.15, 0.2) is 0 Å². The fraction of sp³-hybridized carbons (Fsp3) is 1.00. The van der Waals surface area contributed by atoms with Gasteiger partial charge in [0.1, 0.15) is 0 Å². The number of nitrogens with one attached hydrogen (secondary N) is 1. The summed E-state index contributed by atoms with van der Waals surface area (Å²) in [5, 5.41) is 3.35.